The number of nitrogens with one attached hydrogen (secondary N) is 1. The Hall–Kier alpha value is -3.73. The van der Waals surface area contributed by atoms with Gasteiger partial charge in [0.1, 0.15) is 11.6 Å². The Morgan fingerprint density at radius 2 is 1.63 bits per heavy atom. The first-order chi connectivity index (χ1) is 14.7. The van der Waals surface area contributed by atoms with Gasteiger partial charge in [0.2, 0.25) is 5.95 Å². The summed E-state index contributed by atoms with van der Waals surface area (Å²) < 4.78 is 0. The fourth-order valence-corrected chi connectivity index (χ4v) is 3.28. The van der Waals surface area contributed by atoms with Crippen molar-refractivity contribution in [3.63, 3.8) is 0 Å². The Bertz CT molecular complexity index is 1110. The zero-order valence-corrected chi connectivity index (χ0v) is 17.3. The summed E-state index contributed by atoms with van der Waals surface area (Å²) in [6.07, 6.45) is 2.69. The molecule has 2 aromatic heterocycles. The van der Waals surface area contributed by atoms with E-state index in [1.54, 1.807) is 6.20 Å². The second-order valence-electron chi connectivity index (χ2n) is 7.21. The fourth-order valence-electron chi connectivity index (χ4n) is 3.28. The molecule has 0 radical (unpaired) electrons. The van der Waals surface area contributed by atoms with Crippen LogP contribution in [0.25, 0.3) is 11.3 Å². The number of hydrogen-bond donors (Lipinski definition) is 1. The molecule has 0 unspecified atom stereocenters. The summed E-state index contributed by atoms with van der Waals surface area (Å²) in [5, 5.41) is 3.31. The number of aryl methyl sites for hydroxylation is 1. The van der Waals surface area contributed by atoms with Crippen LogP contribution in [0.1, 0.15) is 11.1 Å². The van der Waals surface area contributed by atoms with Gasteiger partial charge >= 0.3 is 0 Å². The Balaban J connectivity index is 1.47. The summed E-state index contributed by atoms with van der Waals surface area (Å²) in [6, 6.07) is 26.7. The van der Waals surface area contributed by atoms with E-state index in [1.807, 2.05) is 42.3 Å². The third-order valence-electron chi connectivity index (χ3n) is 4.92. The second-order valence-corrected chi connectivity index (χ2v) is 7.21. The van der Waals surface area contributed by atoms with Gasteiger partial charge in [-0.1, -0.05) is 60.2 Å². The molecule has 4 rings (SSSR count). The van der Waals surface area contributed by atoms with Gasteiger partial charge in [0, 0.05) is 25.4 Å². The van der Waals surface area contributed by atoms with Gasteiger partial charge in [0.15, 0.2) is 0 Å². The number of rotatable bonds is 7. The maximum absolute atomic E-state index is 4.84. The van der Waals surface area contributed by atoms with Crippen LogP contribution in [0.3, 0.4) is 0 Å². The number of nitrogens with zero attached hydrogens (tertiary/aromatic N) is 4. The van der Waals surface area contributed by atoms with Gasteiger partial charge in [0.25, 0.3) is 0 Å². The van der Waals surface area contributed by atoms with Crippen molar-refractivity contribution in [2.45, 2.75) is 13.3 Å². The Labute approximate surface area is 177 Å². The van der Waals surface area contributed by atoms with Crippen molar-refractivity contribution in [2.24, 2.45) is 0 Å². The van der Waals surface area contributed by atoms with Crippen molar-refractivity contribution in [1.82, 2.24) is 15.0 Å². The number of anilines is 3. The van der Waals surface area contributed by atoms with Gasteiger partial charge in [-0.25, -0.2) is 9.97 Å². The monoisotopic (exact) mass is 395 g/mol. The predicted molar refractivity (Wildman–Crippen MR) is 123 cm³/mol. The SMILES string of the molecule is Cc1cccc(-c2cccc(N(C)c3ccnc(NCCc4ccccc4)n3)n2)c1. The third-order valence-corrected chi connectivity index (χ3v) is 4.92. The molecule has 4 aromatic rings. The van der Waals surface area contributed by atoms with E-state index < -0.39 is 0 Å². The molecule has 0 saturated heterocycles. The normalized spacial score (nSPS) is 10.6. The van der Waals surface area contributed by atoms with Crippen molar-refractivity contribution in [3.8, 4) is 11.3 Å². The smallest absolute Gasteiger partial charge is 0.224 e. The molecule has 0 aliphatic heterocycles. The van der Waals surface area contributed by atoms with E-state index in [2.05, 4.69) is 70.7 Å². The molecule has 0 amide bonds. The van der Waals surface area contributed by atoms with Crippen LogP contribution in [-0.2, 0) is 6.42 Å². The van der Waals surface area contributed by atoms with Crippen molar-refractivity contribution >= 4 is 17.6 Å². The van der Waals surface area contributed by atoms with Crippen molar-refractivity contribution in [1.29, 1.82) is 0 Å². The van der Waals surface area contributed by atoms with Crippen LogP contribution < -0.4 is 10.2 Å². The fraction of sp³-hybridized carbons (Fsp3) is 0.160. The molecule has 1 N–H and O–H groups in total. The summed E-state index contributed by atoms with van der Waals surface area (Å²) in [5.74, 6) is 2.24. The molecule has 5 heteroatoms. The molecule has 0 fully saturated rings. The molecule has 0 bridgehead atoms. The zero-order valence-electron chi connectivity index (χ0n) is 17.3. The van der Waals surface area contributed by atoms with Crippen molar-refractivity contribution < 1.29 is 0 Å². The summed E-state index contributed by atoms with van der Waals surface area (Å²) in [6.45, 7) is 2.87. The third kappa shape index (κ3) is 4.81. The quantitative estimate of drug-likeness (QED) is 0.462. The van der Waals surface area contributed by atoms with Gasteiger partial charge in [-0.3, -0.25) is 0 Å². The lowest BCUT2D eigenvalue weighted by Gasteiger charge is -2.18. The molecule has 0 atom stereocenters. The minimum absolute atomic E-state index is 0.616. The van der Waals surface area contributed by atoms with E-state index in [-0.39, 0.29) is 0 Å². The highest BCUT2D eigenvalue weighted by atomic mass is 15.2. The van der Waals surface area contributed by atoms with Crippen LogP contribution in [0, 0.1) is 6.92 Å². The molecule has 2 heterocycles. The van der Waals surface area contributed by atoms with Crippen LogP contribution in [0.4, 0.5) is 17.6 Å². The average molecular weight is 396 g/mol. The van der Waals surface area contributed by atoms with Crippen molar-refractivity contribution in [2.75, 3.05) is 23.8 Å². The van der Waals surface area contributed by atoms with Crippen LogP contribution in [0.15, 0.2) is 85.1 Å². The zero-order chi connectivity index (χ0) is 20.8. The largest absolute Gasteiger partial charge is 0.354 e. The van der Waals surface area contributed by atoms with Gasteiger partial charge in [-0.15, -0.1) is 0 Å². The van der Waals surface area contributed by atoms with Gasteiger partial charge in [-0.05, 0) is 43.2 Å². The second kappa shape index (κ2) is 9.18. The minimum Gasteiger partial charge on any atom is -0.354 e. The number of pyridine rings is 1. The number of aromatic nitrogens is 3. The highest BCUT2D eigenvalue weighted by Crippen LogP contribution is 2.24. The molecule has 0 spiro atoms. The summed E-state index contributed by atoms with van der Waals surface area (Å²) >= 11 is 0. The van der Waals surface area contributed by atoms with E-state index in [9.17, 15) is 0 Å². The highest BCUT2D eigenvalue weighted by molar-refractivity contribution is 5.64. The first kappa shape index (κ1) is 19.6. The highest BCUT2D eigenvalue weighted by Gasteiger charge is 2.10. The molecule has 30 heavy (non-hydrogen) atoms. The molecular formula is C25H25N5. The van der Waals surface area contributed by atoms with Gasteiger partial charge in [0.05, 0.1) is 5.69 Å². The molecule has 2 aromatic carbocycles. The number of hydrogen-bond acceptors (Lipinski definition) is 5. The van der Waals surface area contributed by atoms with Gasteiger partial charge < -0.3 is 10.2 Å². The van der Waals surface area contributed by atoms with Gasteiger partial charge in [-0.2, -0.15) is 4.98 Å². The molecule has 150 valence electrons. The van der Waals surface area contributed by atoms with E-state index in [1.165, 1.54) is 11.1 Å². The van der Waals surface area contributed by atoms with Crippen LogP contribution in [0.2, 0.25) is 0 Å². The molecule has 0 aliphatic rings. The van der Waals surface area contributed by atoms with E-state index >= 15 is 0 Å². The summed E-state index contributed by atoms with van der Waals surface area (Å²) in [7, 11) is 1.97. The molecule has 0 aliphatic carbocycles. The average Bonchev–Trinajstić information content (AvgIpc) is 2.80. The standard InChI is InChI=1S/C25H25N5/c1-19-8-6-11-21(18-19)22-12-7-13-23(28-22)30(2)24-15-17-27-25(29-24)26-16-14-20-9-4-3-5-10-20/h3-13,15,17-18H,14,16H2,1-2H3,(H,26,27,29). The molecule has 5 nitrogen and oxygen atoms in total. The van der Waals surface area contributed by atoms with Crippen LogP contribution >= 0.6 is 0 Å². The molecule has 0 saturated carbocycles. The lowest BCUT2D eigenvalue weighted by atomic mass is 10.1. The van der Waals surface area contributed by atoms with E-state index in [0.29, 0.717) is 5.95 Å². The Morgan fingerprint density at radius 1 is 0.833 bits per heavy atom. The maximum atomic E-state index is 4.84. The number of benzene rings is 2. The lowest BCUT2D eigenvalue weighted by Crippen LogP contribution is -2.15. The summed E-state index contributed by atoms with van der Waals surface area (Å²) in [4.78, 5) is 15.8. The minimum atomic E-state index is 0.616. The first-order valence-electron chi connectivity index (χ1n) is 10.1. The first-order valence-corrected chi connectivity index (χ1v) is 10.1. The van der Waals surface area contributed by atoms with Crippen LogP contribution in [-0.4, -0.2) is 28.5 Å². The van der Waals surface area contributed by atoms with E-state index in [4.69, 9.17) is 4.98 Å². The topological polar surface area (TPSA) is 53.9 Å². The Kier molecular flexibility index (Phi) is 5.99. The lowest BCUT2D eigenvalue weighted by molar-refractivity contribution is 0.973. The Morgan fingerprint density at radius 3 is 2.47 bits per heavy atom. The summed E-state index contributed by atoms with van der Waals surface area (Å²) in [5.41, 5.74) is 4.56. The maximum Gasteiger partial charge on any atom is 0.224 e. The van der Waals surface area contributed by atoms with Crippen LogP contribution in [0.5, 0.6) is 0 Å². The van der Waals surface area contributed by atoms with Crippen molar-refractivity contribution in [3.05, 3.63) is 96.2 Å². The molecular weight excluding hydrogens is 370 g/mol. The predicted octanol–water partition coefficient (Wildman–Crippen LogP) is 5.27. The van der Waals surface area contributed by atoms with E-state index in [0.717, 1.165) is 35.9 Å².